The molecule has 0 spiro atoms. The molecule has 1 rings (SSSR count). The Morgan fingerprint density at radius 3 is 2.45 bits per heavy atom. The molecule has 4 N–H and O–H groups in total. The molecule has 6 heteroatoms. The summed E-state index contributed by atoms with van der Waals surface area (Å²) < 4.78 is 0. The van der Waals surface area contributed by atoms with Crippen LogP contribution in [0.15, 0.2) is 0 Å². The Kier molecular flexibility index (Phi) is 6.78. The number of carboxylic acids is 1. The van der Waals surface area contributed by atoms with E-state index < -0.39 is 11.5 Å². The van der Waals surface area contributed by atoms with E-state index in [0.29, 0.717) is 25.3 Å². The number of hydrogen-bond acceptors (Lipinski definition) is 3. The van der Waals surface area contributed by atoms with Gasteiger partial charge < -0.3 is 21.1 Å². The van der Waals surface area contributed by atoms with Crippen molar-refractivity contribution in [2.45, 2.75) is 51.5 Å². The van der Waals surface area contributed by atoms with E-state index in [4.69, 9.17) is 0 Å². The van der Waals surface area contributed by atoms with Gasteiger partial charge in [-0.05, 0) is 51.1 Å². The lowest BCUT2D eigenvalue weighted by Gasteiger charge is -2.36. The number of amides is 2. The molecule has 116 valence electrons. The number of carboxylic acid groups (broad SMARTS) is 1. The number of urea groups is 1. The van der Waals surface area contributed by atoms with Gasteiger partial charge in [-0.1, -0.05) is 13.8 Å². The van der Waals surface area contributed by atoms with Crippen LogP contribution in [0.1, 0.15) is 46.0 Å². The van der Waals surface area contributed by atoms with Crippen molar-refractivity contribution >= 4 is 12.0 Å². The van der Waals surface area contributed by atoms with E-state index in [1.165, 1.54) is 0 Å². The van der Waals surface area contributed by atoms with E-state index in [9.17, 15) is 14.7 Å². The summed E-state index contributed by atoms with van der Waals surface area (Å²) in [4.78, 5) is 23.3. The number of aliphatic carboxylic acids is 1. The van der Waals surface area contributed by atoms with Crippen LogP contribution in [0, 0.1) is 5.92 Å². The first kappa shape index (κ1) is 16.8. The summed E-state index contributed by atoms with van der Waals surface area (Å²) >= 11 is 0. The standard InChI is InChI=1S/C14H27N3O3/c1-3-15-9-4-10-16-13(20)17-14(12(18)19)7-5-11(2)6-8-14/h11,15H,3-10H2,1-2H3,(H,18,19)(H2,16,17,20). The summed E-state index contributed by atoms with van der Waals surface area (Å²) in [6.07, 6.45) is 3.53. The lowest BCUT2D eigenvalue weighted by atomic mass is 9.77. The number of carbonyl (C=O) groups is 2. The highest BCUT2D eigenvalue weighted by Gasteiger charge is 2.42. The highest BCUT2D eigenvalue weighted by Crippen LogP contribution is 2.32. The Labute approximate surface area is 120 Å². The van der Waals surface area contributed by atoms with Crippen molar-refractivity contribution in [2.24, 2.45) is 5.92 Å². The predicted molar refractivity (Wildman–Crippen MR) is 77.7 cm³/mol. The van der Waals surface area contributed by atoms with Crippen LogP contribution in [0.5, 0.6) is 0 Å². The van der Waals surface area contributed by atoms with Gasteiger partial charge in [0.25, 0.3) is 0 Å². The smallest absolute Gasteiger partial charge is 0.329 e. The second-order valence-corrected chi connectivity index (χ2v) is 5.66. The first-order valence-corrected chi connectivity index (χ1v) is 7.50. The topological polar surface area (TPSA) is 90.5 Å². The van der Waals surface area contributed by atoms with E-state index in [0.717, 1.165) is 32.4 Å². The quantitative estimate of drug-likeness (QED) is 0.531. The lowest BCUT2D eigenvalue weighted by Crippen LogP contribution is -2.58. The highest BCUT2D eigenvalue weighted by atomic mass is 16.4. The molecule has 0 aliphatic heterocycles. The molecule has 1 fully saturated rings. The van der Waals surface area contributed by atoms with E-state index in [1.807, 2.05) is 6.92 Å². The molecule has 1 aliphatic rings. The average molecular weight is 285 g/mol. The first-order valence-electron chi connectivity index (χ1n) is 7.50. The average Bonchev–Trinajstić information content (AvgIpc) is 2.41. The molecular formula is C14H27N3O3. The summed E-state index contributed by atoms with van der Waals surface area (Å²) in [7, 11) is 0. The van der Waals surface area contributed by atoms with Crippen molar-refractivity contribution in [2.75, 3.05) is 19.6 Å². The maximum Gasteiger partial charge on any atom is 0.329 e. The largest absolute Gasteiger partial charge is 0.480 e. The van der Waals surface area contributed by atoms with Crippen LogP contribution in [-0.4, -0.2) is 42.3 Å². The first-order chi connectivity index (χ1) is 9.50. The minimum atomic E-state index is -1.09. The molecule has 1 saturated carbocycles. The van der Waals surface area contributed by atoms with Crippen LogP contribution in [0.25, 0.3) is 0 Å². The van der Waals surface area contributed by atoms with Crippen LogP contribution in [0.2, 0.25) is 0 Å². The number of rotatable bonds is 7. The van der Waals surface area contributed by atoms with E-state index in [-0.39, 0.29) is 6.03 Å². The summed E-state index contributed by atoms with van der Waals surface area (Å²) in [5, 5.41) is 18.0. The zero-order valence-corrected chi connectivity index (χ0v) is 12.5. The molecule has 0 aromatic rings. The minimum Gasteiger partial charge on any atom is -0.480 e. The Balaban J connectivity index is 2.38. The van der Waals surface area contributed by atoms with Gasteiger partial charge in [0.05, 0.1) is 0 Å². The molecule has 6 nitrogen and oxygen atoms in total. The van der Waals surface area contributed by atoms with E-state index >= 15 is 0 Å². The van der Waals surface area contributed by atoms with Crippen LogP contribution in [-0.2, 0) is 4.79 Å². The van der Waals surface area contributed by atoms with E-state index in [2.05, 4.69) is 22.9 Å². The van der Waals surface area contributed by atoms with Gasteiger partial charge >= 0.3 is 12.0 Å². The zero-order chi connectivity index (χ0) is 15.0. The number of carbonyl (C=O) groups excluding carboxylic acids is 1. The van der Waals surface area contributed by atoms with Crippen LogP contribution >= 0.6 is 0 Å². The Bertz CT molecular complexity index is 326. The third kappa shape index (κ3) is 5.00. The van der Waals surface area contributed by atoms with Gasteiger partial charge in [0.2, 0.25) is 0 Å². The van der Waals surface area contributed by atoms with Crippen molar-refractivity contribution in [3.05, 3.63) is 0 Å². The SMILES string of the molecule is CCNCCCNC(=O)NC1(C(=O)O)CCC(C)CC1. The fraction of sp³-hybridized carbons (Fsp3) is 0.857. The van der Waals surface area contributed by atoms with Crippen molar-refractivity contribution in [1.82, 2.24) is 16.0 Å². The van der Waals surface area contributed by atoms with Gasteiger partial charge in [-0.2, -0.15) is 0 Å². The lowest BCUT2D eigenvalue weighted by molar-refractivity contribution is -0.146. The van der Waals surface area contributed by atoms with Gasteiger partial charge in [0.1, 0.15) is 5.54 Å². The molecule has 0 heterocycles. The fourth-order valence-electron chi connectivity index (χ4n) is 2.50. The molecule has 20 heavy (non-hydrogen) atoms. The summed E-state index contributed by atoms with van der Waals surface area (Å²) in [6, 6.07) is -0.376. The Hall–Kier alpha value is -1.30. The third-order valence-electron chi connectivity index (χ3n) is 3.96. The molecule has 0 bridgehead atoms. The summed E-state index contributed by atoms with van der Waals surface area (Å²) in [5.41, 5.74) is -1.09. The van der Waals surface area contributed by atoms with Gasteiger partial charge in [0, 0.05) is 6.54 Å². The third-order valence-corrected chi connectivity index (χ3v) is 3.96. The molecule has 0 aromatic heterocycles. The van der Waals surface area contributed by atoms with Gasteiger partial charge in [0.15, 0.2) is 0 Å². The van der Waals surface area contributed by atoms with Crippen molar-refractivity contribution in [3.8, 4) is 0 Å². The van der Waals surface area contributed by atoms with Gasteiger partial charge in [-0.15, -0.1) is 0 Å². The molecule has 0 saturated heterocycles. The minimum absolute atomic E-state index is 0.376. The van der Waals surface area contributed by atoms with Crippen molar-refractivity contribution < 1.29 is 14.7 Å². The van der Waals surface area contributed by atoms with Crippen molar-refractivity contribution in [3.63, 3.8) is 0 Å². The Morgan fingerprint density at radius 2 is 1.90 bits per heavy atom. The number of hydrogen-bond donors (Lipinski definition) is 4. The normalized spacial score (nSPS) is 26.0. The molecule has 0 atom stereocenters. The second-order valence-electron chi connectivity index (χ2n) is 5.66. The van der Waals surface area contributed by atoms with Gasteiger partial charge in [-0.3, -0.25) is 0 Å². The van der Waals surface area contributed by atoms with Crippen LogP contribution in [0.4, 0.5) is 4.79 Å². The molecule has 0 aromatic carbocycles. The second kappa shape index (κ2) is 8.09. The molecule has 2 amide bonds. The van der Waals surface area contributed by atoms with Gasteiger partial charge in [-0.25, -0.2) is 9.59 Å². The monoisotopic (exact) mass is 285 g/mol. The van der Waals surface area contributed by atoms with E-state index in [1.54, 1.807) is 0 Å². The maximum absolute atomic E-state index is 11.8. The van der Waals surface area contributed by atoms with Crippen LogP contribution < -0.4 is 16.0 Å². The molecule has 0 radical (unpaired) electrons. The number of nitrogens with one attached hydrogen (secondary N) is 3. The molecule has 0 unspecified atom stereocenters. The fourth-order valence-corrected chi connectivity index (χ4v) is 2.50. The highest BCUT2D eigenvalue weighted by molar-refractivity contribution is 5.86. The van der Waals surface area contributed by atoms with Crippen molar-refractivity contribution in [1.29, 1.82) is 0 Å². The summed E-state index contributed by atoms with van der Waals surface area (Å²) in [5.74, 6) is -0.389. The molecular weight excluding hydrogens is 258 g/mol. The molecule has 1 aliphatic carbocycles. The van der Waals surface area contributed by atoms with Crippen LogP contribution in [0.3, 0.4) is 0 Å². The summed E-state index contributed by atoms with van der Waals surface area (Å²) in [6.45, 7) is 6.45. The maximum atomic E-state index is 11.8. The zero-order valence-electron chi connectivity index (χ0n) is 12.5. The Morgan fingerprint density at radius 1 is 1.25 bits per heavy atom. The predicted octanol–water partition coefficient (Wildman–Crippen LogP) is 1.32.